The predicted molar refractivity (Wildman–Crippen MR) is 86.2 cm³/mol. The highest BCUT2D eigenvalue weighted by Crippen LogP contribution is 2.13. The van der Waals surface area contributed by atoms with Gasteiger partial charge in [-0.25, -0.2) is 0 Å². The lowest BCUT2D eigenvalue weighted by Gasteiger charge is -2.18. The van der Waals surface area contributed by atoms with Crippen LogP contribution in [0, 0.1) is 12.8 Å². The standard InChI is InChI=1S/C16H23NO3S/c1-12-7-5-6-8-14(12)9-17(3)15(18)11-21-10-13(2)16(19)20-4/h5-8,13H,9-11H2,1-4H3. The Morgan fingerprint density at radius 1 is 1.33 bits per heavy atom. The summed E-state index contributed by atoms with van der Waals surface area (Å²) in [5, 5.41) is 0. The third-order valence-corrected chi connectivity index (χ3v) is 4.48. The molecule has 0 radical (unpaired) electrons. The molecule has 1 rings (SSSR count). The van der Waals surface area contributed by atoms with Gasteiger partial charge in [-0.2, -0.15) is 11.8 Å². The van der Waals surface area contributed by atoms with Crippen LogP contribution in [0.5, 0.6) is 0 Å². The van der Waals surface area contributed by atoms with Gasteiger partial charge in [-0.05, 0) is 18.1 Å². The zero-order chi connectivity index (χ0) is 15.8. The second kappa shape index (κ2) is 8.72. The van der Waals surface area contributed by atoms with Crippen LogP contribution in [0.1, 0.15) is 18.1 Å². The monoisotopic (exact) mass is 309 g/mol. The summed E-state index contributed by atoms with van der Waals surface area (Å²) in [4.78, 5) is 25.1. The van der Waals surface area contributed by atoms with E-state index in [2.05, 4.69) is 4.74 Å². The number of hydrogen-bond acceptors (Lipinski definition) is 4. The van der Waals surface area contributed by atoms with E-state index in [0.29, 0.717) is 18.1 Å². The Bertz CT molecular complexity index is 490. The SMILES string of the molecule is COC(=O)C(C)CSCC(=O)N(C)Cc1ccccc1C. The van der Waals surface area contributed by atoms with E-state index in [1.807, 2.05) is 31.2 Å². The molecule has 0 saturated carbocycles. The van der Waals surface area contributed by atoms with Crippen molar-refractivity contribution in [1.29, 1.82) is 0 Å². The van der Waals surface area contributed by atoms with Gasteiger partial charge in [-0.3, -0.25) is 9.59 Å². The lowest BCUT2D eigenvalue weighted by Crippen LogP contribution is -2.28. The number of hydrogen-bond donors (Lipinski definition) is 0. The number of methoxy groups -OCH3 is 1. The largest absolute Gasteiger partial charge is 0.469 e. The van der Waals surface area contributed by atoms with Gasteiger partial charge < -0.3 is 9.64 Å². The molecular formula is C16H23NO3S. The summed E-state index contributed by atoms with van der Waals surface area (Å²) in [6.45, 7) is 4.46. The molecule has 116 valence electrons. The van der Waals surface area contributed by atoms with Gasteiger partial charge in [-0.1, -0.05) is 31.2 Å². The average molecular weight is 309 g/mol. The first-order valence-electron chi connectivity index (χ1n) is 6.89. The molecule has 1 aromatic carbocycles. The third-order valence-electron chi connectivity index (χ3n) is 3.29. The van der Waals surface area contributed by atoms with Crippen molar-refractivity contribution in [2.24, 2.45) is 5.92 Å². The molecule has 0 N–H and O–H groups in total. The van der Waals surface area contributed by atoms with Gasteiger partial charge in [-0.15, -0.1) is 0 Å². The molecule has 5 heteroatoms. The summed E-state index contributed by atoms with van der Waals surface area (Å²) >= 11 is 1.46. The molecule has 1 aromatic rings. The number of carbonyl (C=O) groups excluding carboxylic acids is 2. The minimum absolute atomic E-state index is 0.0697. The molecular weight excluding hydrogens is 286 g/mol. The summed E-state index contributed by atoms with van der Waals surface area (Å²) < 4.78 is 4.66. The van der Waals surface area contributed by atoms with Crippen LogP contribution in [-0.4, -0.2) is 42.4 Å². The second-order valence-corrected chi connectivity index (χ2v) is 6.15. The van der Waals surface area contributed by atoms with Crippen molar-refractivity contribution < 1.29 is 14.3 Å². The van der Waals surface area contributed by atoms with Crippen LogP contribution in [0.4, 0.5) is 0 Å². The van der Waals surface area contributed by atoms with Crippen molar-refractivity contribution in [3.63, 3.8) is 0 Å². The molecule has 1 atom stereocenters. The number of esters is 1. The van der Waals surface area contributed by atoms with E-state index in [1.54, 1.807) is 18.9 Å². The fourth-order valence-corrected chi connectivity index (χ4v) is 2.84. The van der Waals surface area contributed by atoms with Gasteiger partial charge in [0.25, 0.3) is 0 Å². The quantitative estimate of drug-likeness (QED) is 0.726. The van der Waals surface area contributed by atoms with Crippen molar-refractivity contribution in [3.05, 3.63) is 35.4 Å². The van der Waals surface area contributed by atoms with Crippen LogP contribution in [0.3, 0.4) is 0 Å². The Balaban J connectivity index is 2.38. The summed E-state index contributed by atoms with van der Waals surface area (Å²) in [5.41, 5.74) is 2.34. The highest BCUT2D eigenvalue weighted by molar-refractivity contribution is 7.99. The van der Waals surface area contributed by atoms with Gasteiger partial charge in [0, 0.05) is 19.3 Å². The Hall–Kier alpha value is -1.49. The molecule has 4 nitrogen and oxygen atoms in total. The Morgan fingerprint density at radius 3 is 2.62 bits per heavy atom. The number of benzene rings is 1. The van der Waals surface area contributed by atoms with E-state index < -0.39 is 0 Å². The molecule has 0 bridgehead atoms. The lowest BCUT2D eigenvalue weighted by molar-refractivity contribution is -0.144. The van der Waals surface area contributed by atoms with Gasteiger partial charge in [0.2, 0.25) is 5.91 Å². The zero-order valence-electron chi connectivity index (χ0n) is 13.1. The molecule has 0 aliphatic heterocycles. The van der Waals surface area contributed by atoms with Gasteiger partial charge in [0.15, 0.2) is 0 Å². The molecule has 0 aliphatic carbocycles. The van der Waals surface area contributed by atoms with Crippen LogP contribution >= 0.6 is 11.8 Å². The van der Waals surface area contributed by atoms with Crippen LogP contribution < -0.4 is 0 Å². The maximum Gasteiger partial charge on any atom is 0.309 e. The number of amides is 1. The number of aryl methyl sites for hydroxylation is 1. The van der Waals surface area contributed by atoms with Gasteiger partial charge >= 0.3 is 5.97 Å². The smallest absolute Gasteiger partial charge is 0.309 e. The summed E-state index contributed by atoms with van der Waals surface area (Å²) in [5.74, 6) is 0.623. The lowest BCUT2D eigenvalue weighted by atomic mass is 10.1. The van der Waals surface area contributed by atoms with E-state index >= 15 is 0 Å². The van der Waals surface area contributed by atoms with Crippen LogP contribution in [0.2, 0.25) is 0 Å². The molecule has 0 aromatic heterocycles. The van der Waals surface area contributed by atoms with E-state index in [-0.39, 0.29) is 17.8 Å². The molecule has 0 aliphatic rings. The first-order chi connectivity index (χ1) is 9.95. The van der Waals surface area contributed by atoms with Crippen molar-refractivity contribution in [2.45, 2.75) is 20.4 Å². The molecule has 0 saturated heterocycles. The van der Waals surface area contributed by atoms with Gasteiger partial charge in [0.05, 0.1) is 18.8 Å². The van der Waals surface area contributed by atoms with Gasteiger partial charge in [0.1, 0.15) is 0 Å². The highest BCUT2D eigenvalue weighted by atomic mass is 32.2. The summed E-state index contributed by atoms with van der Waals surface area (Å²) in [6, 6.07) is 8.05. The molecule has 21 heavy (non-hydrogen) atoms. The predicted octanol–water partition coefficient (Wildman–Crippen LogP) is 2.50. The minimum Gasteiger partial charge on any atom is -0.469 e. The van der Waals surface area contributed by atoms with Crippen LogP contribution in [-0.2, 0) is 20.9 Å². The number of carbonyl (C=O) groups is 2. The van der Waals surface area contributed by atoms with Crippen molar-refractivity contribution in [1.82, 2.24) is 4.90 Å². The van der Waals surface area contributed by atoms with Crippen molar-refractivity contribution in [3.8, 4) is 0 Å². The molecule has 1 amide bonds. The van der Waals surface area contributed by atoms with Crippen molar-refractivity contribution in [2.75, 3.05) is 25.7 Å². The normalized spacial score (nSPS) is 11.8. The Labute approximate surface area is 130 Å². The first kappa shape index (κ1) is 17.6. The fraction of sp³-hybridized carbons (Fsp3) is 0.500. The second-order valence-electron chi connectivity index (χ2n) is 5.12. The number of thioether (sulfide) groups is 1. The van der Waals surface area contributed by atoms with E-state index in [1.165, 1.54) is 24.4 Å². The molecule has 0 fully saturated rings. The Kier molecular flexibility index (Phi) is 7.29. The summed E-state index contributed by atoms with van der Waals surface area (Å²) in [6.07, 6.45) is 0. The molecule has 0 heterocycles. The molecule has 0 spiro atoms. The van der Waals surface area contributed by atoms with E-state index in [9.17, 15) is 9.59 Å². The average Bonchev–Trinajstić information content (AvgIpc) is 2.48. The Morgan fingerprint density at radius 2 is 2.00 bits per heavy atom. The van der Waals surface area contributed by atoms with E-state index in [0.717, 1.165) is 5.56 Å². The number of nitrogens with zero attached hydrogens (tertiary/aromatic N) is 1. The fourth-order valence-electron chi connectivity index (χ4n) is 1.83. The van der Waals surface area contributed by atoms with E-state index in [4.69, 9.17) is 0 Å². The maximum atomic E-state index is 12.1. The molecule has 1 unspecified atom stereocenters. The minimum atomic E-state index is -0.233. The first-order valence-corrected chi connectivity index (χ1v) is 8.05. The number of rotatable bonds is 7. The summed E-state index contributed by atoms with van der Waals surface area (Å²) in [7, 11) is 3.18. The van der Waals surface area contributed by atoms with Crippen LogP contribution in [0.25, 0.3) is 0 Å². The highest BCUT2D eigenvalue weighted by Gasteiger charge is 2.15. The van der Waals surface area contributed by atoms with Crippen molar-refractivity contribution >= 4 is 23.6 Å². The van der Waals surface area contributed by atoms with Crippen LogP contribution in [0.15, 0.2) is 24.3 Å². The topological polar surface area (TPSA) is 46.6 Å². The third kappa shape index (κ3) is 5.79. The zero-order valence-corrected chi connectivity index (χ0v) is 13.9. The number of ether oxygens (including phenoxy) is 1. The maximum absolute atomic E-state index is 12.1.